The molecule has 0 bridgehead atoms. The maximum absolute atomic E-state index is 11.9. The Hall–Kier alpha value is -2.34. The number of hydrogen-bond acceptors (Lipinski definition) is 4. The van der Waals surface area contributed by atoms with Gasteiger partial charge in [0, 0.05) is 23.0 Å². The number of carbonyl (C=O) groups is 2. The molecule has 92 valence electrons. The van der Waals surface area contributed by atoms with Crippen molar-refractivity contribution in [2.24, 2.45) is 5.90 Å². The third kappa shape index (κ3) is 1.39. The van der Waals surface area contributed by atoms with E-state index >= 15 is 0 Å². The van der Waals surface area contributed by atoms with Crippen molar-refractivity contribution in [2.75, 3.05) is 6.54 Å². The molecule has 18 heavy (non-hydrogen) atoms. The first-order valence-corrected chi connectivity index (χ1v) is 5.55. The van der Waals surface area contributed by atoms with E-state index in [-0.39, 0.29) is 5.91 Å². The van der Waals surface area contributed by atoms with Gasteiger partial charge in [-0.15, -0.1) is 0 Å². The maximum atomic E-state index is 11.9. The quantitative estimate of drug-likeness (QED) is 0.637. The Morgan fingerprint density at radius 2 is 2.22 bits per heavy atom. The number of rotatable bonds is 1. The van der Waals surface area contributed by atoms with Crippen molar-refractivity contribution in [3.8, 4) is 0 Å². The first-order chi connectivity index (χ1) is 8.72. The minimum atomic E-state index is -0.624. The molecule has 1 aliphatic heterocycles. The van der Waals surface area contributed by atoms with Crippen LogP contribution in [0.5, 0.6) is 0 Å². The molecule has 2 aromatic rings. The summed E-state index contributed by atoms with van der Waals surface area (Å²) in [4.78, 5) is 30.7. The van der Waals surface area contributed by atoms with E-state index in [0.717, 1.165) is 16.5 Å². The number of benzene rings is 1. The van der Waals surface area contributed by atoms with Crippen molar-refractivity contribution in [3.05, 3.63) is 35.0 Å². The van der Waals surface area contributed by atoms with Crippen molar-refractivity contribution < 1.29 is 14.4 Å². The van der Waals surface area contributed by atoms with Crippen LogP contribution in [0.4, 0.5) is 0 Å². The molecule has 4 N–H and O–H groups in total. The fourth-order valence-corrected chi connectivity index (χ4v) is 2.39. The first-order valence-electron chi connectivity index (χ1n) is 5.55. The highest BCUT2D eigenvalue weighted by Crippen LogP contribution is 2.28. The zero-order chi connectivity index (χ0) is 12.7. The van der Waals surface area contributed by atoms with Crippen molar-refractivity contribution in [2.45, 2.75) is 6.42 Å². The van der Waals surface area contributed by atoms with Crippen molar-refractivity contribution in [1.82, 2.24) is 10.3 Å². The zero-order valence-corrected chi connectivity index (χ0v) is 9.45. The van der Waals surface area contributed by atoms with Gasteiger partial charge in [-0.3, -0.25) is 4.79 Å². The largest absolute Gasteiger partial charge is 0.373 e. The van der Waals surface area contributed by atoms with Gasteiger partial charge in [0.1, 0.15) is 5.69 Å². The number of nitrogens with one attached hydrogen (secondary N) is 2. The van der Waals surface area contributed by atoms with Gasteiger partial charge in [-0.05, 0) is 24.1 Å². The van der Waals surface area contributed by atoms with Crippen LogP contribution in [0.25, 0.3) is 10.9 Å². The predicted octanol–water partition coefficient (Wildman–Crippen LogP) is 0.484. The summed E-state index contributed by atoms with van der Waals surface area (Å²) in [5, 5.41) is 3.56. The summed E-state index contributed by atoms with van der Waals surface area (Å²) >= 11 is 0. The van der Waals surface area contributed by atoms with Crippen LogP contribution in [-0.2, 0) is 11.3 Å². The third-order valence-corrected chi connectivity index (χ3v) is 3.14. The lowest BCUT2D eigenvalue weighted by Gasteiger charge is -2.01. The predicted molar refractivity (Wildman–Crippen MR) is 63.9 cm³/mol. The highest BCUT2D eigenvalue weighted by atomic mass is 16.7. The molecule has 0 saturated heterocycles. The lowest BCUT2D eigenvalue weighted by Crippen LogP contribution is -2.23. The molecule has 3 rings (SSSR count). The van der Waals surface area contributed by atoms with Crippen LogP contribution in [0.15, 0.2) is 18.2 Å². The van der Waals surface area contributed by atoms with Gasteiger partial charge in [0.05, 0.1) is 0 Å². The van der Waals surface area contributed by atoms with E-state index in [0.29, 0.717) is 24.2 Å². The van der Waals surface area contributed by atoms with Gasteiger partial charge in [0.2, 0.25) is 0 Å². The van der Waals surface area contributed by atoms with E-state index in [1.165, 1.54) is 0 Å². The standard InChI is InChI=1S/C12H11N3O3/c13-18-12(17)10-6-4-5-14-11(16)7-2-1-3-8(15-10)9(6)7/h1-3,15H,4-5,13H2,(H,14,16). The third-order valence-electron chi connectivity index (χ3n) is 3.14. The van der Waals surface area contributed by atoms with E-state index < -0.39 is 5.97 Å². The van der Waals surface area contributed by atoms with Crippen molar-refractivity contribution in [1.29, 1.82) is 0 Å². The topological polar surface area (TPSA) is 97.2 Å². The SMILES string of the molecule is NOC(=O)c1[nH]c2cccc3c2c1CCNC3=O. The van der Waals surface area contributed by atoms with Gasteiger partial charge in [-0.2, -0.15) is 5.90 Å². The summed E-state index contributed by atoms with van der Waals surface area (Å²) in [6.45, 7) is 0.477. The first kappa shape index (κ1) is 10.8. The maximum Gasteiger partial charge on any atom is 0.373 e. The average molecular weight is 245 g/mol. The lowest BCUT2D eigenvalue weighted by atomic mass is 10.0. The fraction of sp³-hybridized carbons (Fsp3) is 0.167. The Morgan fingerprint density at radius 3 is 3.00 bits per heavy atom. The van der Waals surface area contributed by atoms with Gasteiger partial charge in [-0.25, -0.2) is 4.79 Å². The Balaban J connectivity index is 2.36. The molecule has 2 heterocycles. The number of aromatic nitrogens is 1. The summed E-state index contributed by atoms with van der Waals surface area (Å²) in [7, 11) is 0. The molecule has 0 spiro atoms. The van der Waals surface area contributed by atoms with Gasteiger partial charge in [0.15, 0.2) is 0 Å². The number of nitrogens with two attached hydrogens (primary N) is 1. The highest BCUT2D eigenvalue weighted by Gasteiger charge is 2.24. The molecule has 1 amide bonds. The molecule has 0 atom stereocenters. The second-order valence-electron chi connectivity index (χ2n) is 4.12. The van der Waals surface area contributed by atoms with E-state index in [2.05, 4.69) is 15.1 Å². The molecule has 1 aromatic carbocycles. The smallest absolute Gasteiger partial charge is 0.369 e. The molecule has 0 unspecified atom stereocenters. The Bertz CT molecular complexity index is 660. The molecule has 0 radical (unpaired) electrons. The Kier molecular flexibility index (Phi) is 2.31. The lowest BCUT2D eigenvalue weighted by molar-refractivity contribution is 0.0496. The monoisotopic (exact) mass is 245 g/mol. The molecule has 6 heteroatoms. The van der Waals surface area contributed by atoms with Gasteiger partial charge >= 0.3 is 5.97 Å². The molecule has 1 aliphatic rings. The summed E-state index contributed by atoms with van der Waals surface area (Å²) in [5.41, 5.74) is 2.39. The molecule has 6 nitrogen and oxygen atoms in total. The second-order valence-corrected chi connectivity index (χ2v) is 4.12. The molecule has 0 saturated carbocycles. The number of aromatic amines is 1. The van der Waals surface area contributed by atoms with Crippen LogP contribution in [-0.4, -0.2) is 23.4 Å². The minimum Gasteiger partial charge on any atom is -0.369 e. The number of amides is 1. The van der Waals surface area contributed by atoms with E-state index in [4.69, 9.17) is 5.90 Å². The molecular weight excluding hydrogens is 234 g/mol. The summed E-state index contributed by atoms with van der Waals surface area (Å²) in [6.07, 6.45) is 0.563. The van der Waals surface area contributed by atoms with Crippen molar-refractivity contribution >= 4 is 22.8 Å². The summed E-state index contributed by atoms with van der Waals surface area (Å²) in [6, 6.07) is 5.31. The van der Waals surface area contributed by atoms with E-state index in [1.807, 2.05) is 6.07 Å². The van der Waals surface area contributed by atoms with Crippen LogP contribution in [0, 0.1) is 0 Å². The Morgan fingerprint density at radius 1 is 1.39 bits per heavy atom. The van der Waals surface area contributed by atoms with Crippen LogP contribution in [0.3, 0.4) is 0 Å². The van der Waals surface area contributed by atoms with Crippen LogP contribution < -0.4 is 11.2 Å². The molecule has 0 fully saturated rings. The van der Waals surface area contributed by atoms with Gasteiger partial charge < -0.3 is 15.1 Å². The van der Waals surface area contributed by atoms with Crippen LogP contribution in [0.1, 0.15) is 26.4 Å². The van der Waals surface area contributed by atoms with Crippen molar-refractivity contribution in [3.63, 3.8) is 0 Å². The zero-order valence-electron chi connectivity index (χ0n) is 9.45. The van der Waals surface area contributed by atoms with Crippen LogP contribution >= 0.6 is 0 Å². The van der Waals surface area contributed by atoms with Gasteiger partial charge in [-0.1, -0.05) is 6.07 Å². The molecular formula is C12H11N3O3. The minimum absolute atomic E-state index is 0.133. The molecule has 1 aromatic heterocycles. The number of carbonyl (C=O) groups excluding carboxylic acids is 2. The average Bonchev–Trinajstić information content (AvgIpc) is 2.67. The van der Waals surface area contributed by atoms with E-state index in [1.54, 1.807) is 12.1 Å². The number of hydrogen-bond donors (Lipinski definition) is 3. The fourth-order valence-electron chi connectivity index (χ4n) is 2.39. The highest BCUT2D eigenvalue weighted by molar-refractivity contribution is 6.11. The Labute approximate surface area is 102 Å². The summed E-state index contributed by atoms with van der Waals surface area (Å²) < 4.78 is 0. The summed E-state index contributed by atoms with van der Waals surface area (Å²) in [5.74, 6) is 4.16. The van der Waals surface area contributed by atoms with E-state index in [9.17, 15) is 9.59 Å². The molecule has 0 aliphatic carbocycles. The number of H-pyrrole nitrogens is 1. The van der Waals surface area contributed by atoms with Crippen LogP contribution in [0.2, 0.25) is 0 Å². The second kappa shape index (κ2) is 3.85. The normalized spacial score (nSPS) is 14.2. The van der Waals surface area contributed by atoms with Gasteiger partial charge in [0.25, 0.3) is 5.91 Å².